The molecule has 3 aromatic rings. The molecule has 0 aliphatic carbocycles. The van der Waals surface area contributed by atoms with Gasteiger partial charge in [0.1, 0.15) is 11.5 Å². The second kappa shape index (κ2) is 8.48. The molecule has 1 unspecified atom stereocenters. The van der Waals surface area contributed by atoms with E-state index in [4.69, 9.17) is 4.74 Å². The van der Waals surface area contributed by atoms with E-state index in [1.54, 1.807) is 24.3 Å². The van der Waals surface area contributed by atoms with Gasteiger partial charge in [-0.2, -0.15) is 0 Å². The van der Waals surface area contributed by atoms with E-state index in [9.17, 15) is 14.7 Å². The Hall–Kier alpha value is -3.86. The molecule has 1 N–H and O–H groups in total. The summed E-state index contributed by atoms with van der Waals surface area (Å²) < 4.78 is 5.45. The van der Waals surface area contributed by atoms with Crippen LogP contribution in [0.15, 0.2) is 84.4 Å². The molecule has 1 aliphatic rings. The lowest BCUT2D eigenvalue weighted by Gasteiger charge is -2.25. The highest BCUT2D eigenvalue weighted by Gasteiger charge is 2.46. The van der Waals surface area contributed by atoms with E-state index in [1.165, 1.54) is 4.90 Å². The van der Waals surface area contributed by atoms with Crippen molar-refractivity contribution in [2.75, 3.05) is 11.5 Å². The van der Waals surface area contributed by atoms with Gasteiger partial charge in [-0.1, -0.05) is 48.0 Å². The van der Waals surface area contributed by atoms with E-state index in [0.29, 0.717) is 23.6 Å². The number of aliphatic hydroxyl groups excluding tert-OH is 1. The standard InChI is InChI=1S/C26H23NO4/c1-3-31-21-15-11-19(12-16-21)24(28)22-23(18-7-5-4-6-8-18)27(26(30)25(22)29)20-13-9-17(2)10-14-20/h4-16,23,28H,3H2,1-2H3/b24-22+. The van der Waals surface area contributed by atoms with E-state index < -0.39 is 17.7 Å². The predicted molar refractivity (Wildman–Crippen MR) is 120 cm³/mol. The molecule has 0 spiro atoms. The Labute approximate surface area is 181 Å². The second-order valence-corrected chi connectivity index (χ2v) is 7.37. The summed E-state index contributed by atoms with van der Waals surface area (Å²) in [7, 11) is 0. The fourth-order valence-corrected chi connectivity index (χ4v) is 3.79. The van der Waals surface area contributed by atoms with Gasteiger partial charge >= 0.3 is 0 Å². The lowest BCUT2D eigenvalue weighted by Crippen LogP contribution is -2.29. The first-order chi connectivity index (χ1) is 15.0. The molecule has 5 heteroatoms. The summed E-state index contributed by atoms with van der Waals surface area (Å²) in [5, 5.41) is 11.1. The lowest BCUT2D eigenvalue weighted by atomic mass is 9.95. The summed E-state index contributed by atoms with van der Waals surface area (Å²) in [6.45, 7) is 4.37. The quantitative estimate of drug-likeness (QED) is 0.362. The molecule has 5 nitrogen and oxygen atoms in total. The normalized spacial score (nSPS) is 17.7. The van der Waals surface area contributed by atoms with Gasteiger partial charge in [-0.15, -0.1) is 0 Å². The van der Waals surface area contributed by atoms with Crippen molar-refractivity contribution in [1.82, 2.24) is 0 Å². The molecular weight excluding hydrogens is 390 g/mol. The minimum absolute atomic E-state index is 0.0703. The van der Waals surface area contributed by atoms with Gasteiger partial charge in [0, 0.05) is 11.3 Å². The van der Waals surface area contributed by atoms with Crippen molar-refractivity contribution in [2.24, 2.45) is 0 Å². The molecule has 1 saturated heterocycles. The molecule has 0 saturated carbocycles. The van der Waals surface area contributed by atoms with E-state index in [-0.39, 0.29) is 11.3 Å². The molecule has 156 valence electrons. The van der Waals surface area contributed by atoms with Crippen molar-refractivity contribution >= 4 is 23.1 Å². The van der Waals surface area contributed by atoms with Gasteiger partial charge < -0.3 is 9.84 Å². The van der Waals surface area contributed by atoms with Gasteiger partial charge in [0.15, 0.2) is 0 Å². The zero-order valence-corrected chi connectivity index (χ0v) is 17.4. The highest BCUT2D eigenvalue weighted by molar-refractivity contribution is 6.51. The SMILES string of the molecule is CCOc1ccc(/C(O)=C2\C(=O)C(=O)N(c3ccc(C)cc3)C2c2ccccc2)cc1. The maximum Gasteiger partial charge on any atom is 0.300 e. The number of amides is 1. The Kier molecular flexibility index (Phi) is 5.58. The Morgan fingerprint density at radius 2 is 1.58 bits per heavy atom. The Morgan fingerprint density at radius 1 is 0.935 bits per heavy atom. The summed E-state index contributed by atoms with van der Waals surface area (Å²) in [5.41, 5.74) is 2.92. The highest BCUT2D eigenvalue weighted by Crippen LogP contribution is 2.42. The van der Waals surface area contributed by atoms with E-state index in [1.807, 2.05) is 68.4 Å². The summed E-state index contributed by atoms with van der Waals surface area (Å²) in [6, 6.07) is 22.8. The number of rotatable bonds is 5. The fraction of sp³-hybridized carbons (Fsp3) is 0.154. The first-order valence-corrected chi connectivity index (χ1v) is 10.2. The number of Topliss-reactive ketones (excluding diaryl/α,β-unsaturated/α-hetero) is 1. The third-order valence-electron chi connectivity index (χ3n) is 5.31. The molecule has 1 amide bonds. The number of carbonyl (C=O) groups is 2. The van der Waals surface area contributed by atoms with Gasteiger partial charge in [-0.25, -0.2) is 0 Å². The van der Waals surface area contributed by atoms with Crippen LogP contribution < -0.4 is 9.64 Å². The van der Waals surface area contributed by atoms with Crippen LogP contribution in [0.4, 0.5) is 5.69 Å². The van der Waals surface area contributed by atoms with Crippen molar-refractivity contribution in [3.05, 3.63) is 101 Å². The number of aliphatic hydroxyl groups is 1. The number of ketones is 1. The fourth-order valence-electron chi connectivity index (χ4n) is 3.79. The lowest BCUT2D eigenvalue weighted by molar-refractivity contribution is -0.132. The Balaban J connectivity index is 1.87. The van der Waals surface area contributed by atoms with Gasteiger partial charge in [-0.05, 0) is 55.8 Å². The Bertz CT molecular complexity index is 1130. The molecule has 31 heavy (non-hydrogen) atoms. The molecule has 0 radical (unpaired) electrons. The molecule has 3 aromatic carbocycles. The smallest absolute Gasteiger partial charge is 0.300 e. The van der Waals surface area contributed by atoms with Gasteiger partial charge in [0.2, 0.25) is 0 Å². The topological polar surface area (TPSA) is 66.8 Å². The minimum atomic E-state index is -0.726. The minimum Gasteiger partial charge on any atom is -0.507 e. The number of carbonyl (C=O) groups excluding carboxylic acids is 2. The monoisotopic (exact) mass is 413 g/mol. The van der Waals surface area contributed by atoms with Crippen molar-refractivity contribution in [2.45, 2.75) is 19.9 Å². The average molecular weight is 413 g/mol. The van der Waals surface area contributed by atoms with E-state index >= 15 is 0 Å². The van der Waals surface area contributed by atoms with Crippen LogP contribution in [0.2, 0.25) is 0 Å². The second-order valence-electron chi connectivity index (χ2n) is 7.37. The third kappa shape index (κ3) is 3.82. The van der Waals surface area contributed by atoms with Crippen molar-refractivity contribution < 1.29 is 19.4 Å². The van der Waals surface area contributed by atoms with Crippen LogP contribution in [0.25, 0.3) is 5.76 Å². The number of aryl methyl sites for hydroxylation is 1. The number of nitrogens with zero attached hydrogens (tertiary/aromatic N) is 1. The maximum absolute atomic E-state index is 13.1. The first-order valence-electron chi connectivity index (χ1n) is 10.2. The number of hydrogen-bond donors (Lipinski definition) is 1. The van der Waals surface area contributed by atoms with Crippen LogP contribution in [-0.4, -0.2) is 23.4 Å². The zero-order chi connectivity index (χ0) is 22.0. The van der Waals surface area contributed by atoms with Gasteiger partial charge in [0.05, 0.1) is 18.2 Å². The predicted octanol–water partition coefficient (Wildman–Crippen LogP) is 5.02. The zero-order valence-electron chi connectivity index (χ0n) is 17.4. The van der Waals surface area contributed by atoms with Crippen LogP contribution in [0.3, 0.4) is 0 Å². The van der Waals surface area contributed by atoms with Crippen molar-refractivity contribution in [1.29, 1.82) is 0 Å². The first kappa shape index (κ1) is 20.4. The average Bonchev–Trinajstić information content (AvgIpc) is 3.06. The maximum atomic E-state index is 13.1. The molecule has 0 bridgehead atoms. The number of benzene rings is 3. The van der Waals surface area contributed by atoms with E-state index in [0.717, 1.165) is 11.1 Å². The third-order valence-corrected chi connectivity index (χ3v) is 5.31. The molecule has 4 rings (SSSR count). The molecule has 0 aromatic heterocycles. The van der Waals surface area contributed by atoms with Gasteiger partial charge in [0.25, 0.3) is 11.7 Å². The largest absolute Gasteiger partial charge is 0.507 e. The van der Waals surface area contributed by atoms with Crippen molar-refractivity contribution in [3.63, 3.8) is 0 Å². The number of hydrogen-bond acceptors (Lipinski definition) is 4. The molecular formula is C26H23NO4. The van der Waals surface area contributed by atoms with E-state index in [2.05, 4.69) is 0 Å². The number of ether oxygens (including phenoxy) is 1. The summed E-state index contributed by atoms with van der Waals surface area (Å²) in [5.74, 6) is -0.908. The van der Waals surface area contributed by atoms with Crippen LogP contribution in [0.1, 0.15) is 29.7 Å². The summed E-state index contributed by atoms with van der Waals surface area (Å²) >= 11 is 0. The van der Waals surface area contributed by atoms with Crippen LogP contribution in [0, 0.1) is 6.92 Å². The van der Waals surface area contributed by atoms with Crippen molar-refractivity contribution in [3.8, 4) is 5.75 Å². The van der Waals surface area contributed by atoms with Crippen LogP contribution in [0.5, 0.6) is 5.75 Å². The number of anilines is 1. The molecule has 1 atom stereocenters. The van der Waals surface area contributed by atoms with Gasteiger partial charge in [-0.3, -0.25) is 14.5 Å². The molecule has 1 heterocycles. The van der Waals surface area contributed by atoms with Crippen LogP contribution >= 0.6 is 0 Å². The summed E-state index contributed by atoms with van der Waals surface area (Å²) in [6.07, 6.45) is 0. The molecule has 1 aliphatic heterocycles. The Morgan fingerprint density at radius 3 is 2.19 bits per heavy atom. The summed E-state index contributed by atoms with van der Waals surface area (Å²) in [4.78, 5) is 27.6. The van der Waals surface area contributed by atoms with Crippen LogP contribution in [-0.2, 0) is 9.59 Å². The highest BCUT2D eigenvalue weighted by atomic mass is 16.5. The molecule has 1 fully saturated rings.